The maximum atomic E-state index is 11.8. The van der Waals surface area contributed by atoms with Crippen LogP contribution in [-0.2, 0) is 4.79 Å². The first-order valence-corrected chi connectivity index (χ1v) is 6.23. The molecule has 0 fully saturated rings. The van der Waals surface area contributed by atoms with E-state index in [1.807, 2.05) is 30.3 Å². The van der Waals surface area contributed by atoms with Crippen LogP contribution in [0.2, 0.25) is 0 Å². The third-order valence-corrected chi connectivity index (χ3v) is 2.72. The molecule has 21 heavy (non-hydrogen) atoms. The monoisotopic (exact) mass is 281 g/mol. The largest absolute Gasteiger partial charge is 0.465 e. The van der Waals surface area contributed by atoms with Crippen molar-refractivity contribution in [2.45, 2.75) is 0 Å². The molecule has 0 unspecified atom stereocenters. The van der Waals surface area contributed by atoms with E-state index in [2.05, 4.69) is 15.6 Å². The van der Waals surface area contributed by atoms with Gasteiger partial charge in [0.15, 0.2) is 5.69 Å². The fourth-order valence-corrected chi connectivity index (χ4v) is 1.76. The van der Waals surface area contributed by atoms with Gasteiger partial charge in [-0.25, -0.2) is 4.63 Å². The van der Waals surface area contributed by atoms with Crippen molar-refractivity contribution in [2.75, 3.05) is 5.32 Å². The first-order valence-electron chi connectivity index (χ1n) is 6.23. The Balaban J connectivity index is 1.74. The topological polar surface area (TPSA) is 81.2 Å². The minimum atomic E-state index is -0.348. The molecule has 1 aromatic carbocycles. The number of aromatic nitrogens is 2. The van der Waals surface area contributed by atoms with Crippen molar-refractivity contribution in [3.8, 4) is 11.3 Å². The molecule has 1 amide bonds. The molecule has 0 saturated heterocycles. The molecule has 0 spiro atoms. The van der Waals surface area contributed by atoms with Crippen molar-refractivity contribution in [2.24, 2.45) is 0 Å². The van der Waals surface area contributed by atoms with Crippen LogP contribution >= 0.6 is 0 Å². The molecule has 0 bridgehead atoms. The molecule has 2 heterocycles. The summed E-state index contributed by atoms with van der Waals surface area (Å²) in [6.07, 6.45) is 4.44. The predicted octanol–water partition coefficient (Wildman–Crippen LogP) is 2.98. The number of rotatable bonds is 4. The summed E-state index contributed by atoms with van der Waals surface area (Å²) >= 11 is 0. The van der Waals surface area contributed by atoms with Gasteiger partial charge in [0.2, 0.25) is 11.7 Å². The average Bonchev–Trinajstić information content (AvgIpc) is 3.17. The number of hydrogen-bond donors (Lipinski definition) is 1. The smallest absolute Gasteiger partial charge is 0.249 e. The SMILES string of the molecule is O=C(C=Cc1ccco1)Nc1nonc1-c1ccccc1. The second-order valence-corrected chi connectivity index (χ2v) is 4.17. The van der Waals surface area contributed by atoms with Crippen LogP contribution in [0.3, 0.4) is 0 Å². The number of nitrogens with zero attached hydrogens (tertiary/aromatic N) is 2. The van der Waals surface area contributed by atoms with Crippen LogP contribution < -0.4 is 5.32 Å². The highest BCUT2D eigenvalue weighted by molar-refractivity contribution is 6.02. The Morgan fingerprint density at radius 2 is 1.95 bits per heavy atom. The quantitative estimate of drug-likeness (QED) is 0.743. The van der Waals surface area contributed by atoms with Gasteiger partial charge in [-0.15, -0.1) is 0 Å². The van der Waals surface area contributed by atoms with Crippen LogP contribution in [0.1, 0.15) is 5.76 Å². The summed E-state index contributed by atoms with van der Waals surface area (Å²) in [5.41, 5.74) is 1.29. The lowest BCUT2D eigenvalue weighted by Gasteiger charge is -1.99. The van der Waals surface area contributed by atoms with Crippen molar-refractivity contribution in [3.63, 3.8) is 0 Å². The summed E-state index contributed by atoms with van der Waals surface area (Å²) in [5, 5.41) is 10.1. The molecular formula is C15H11N3O3. The summed E-state index contributed by atoms with van der Waals surface area (Å²) in [6, 6.07) is 12.8. The van der Waals surface area contributed by atoms with E-state index in [1.54, 1.807) is 18.2 Å². The van der Waals surface area contributed by atoms with Gasteiger partial charge in [0.25, 0.3) is 0 Å². The van der Waals surface area contributed by atoms with Crippen LogP contribution in [0, 0.1) is 0 Å². The first kappa shape index (κ1) is 12.9. The van der Waals surface area contributed by atoms with E-state index in [0.717, 1.165) is 5.56 Å². The van der Waals surface area contributed by atoms with Gasteiger partial charge in [-0.1, -0.05) is 30.3 Å². The number of hydrogen-bond acceptors (Lipinski definition) is 5. The molecule has 3 rings (SSSR count). The summed E-state index contributed by atoms with van der Waals surface area (Å²) in [5.74, 6) is 0.515. The van der Waals surface area contributed by atoms with E-state index in [-0.39, 0.29) is 11.7 Å². The minimum Gasteiger partial charge on any atom is -0.465 e. The average molecular weight is 281 g/mol. The highest BCUT2D eigenvalue weighted by Gasteiger charge is 2.13. The van der Waals surface area contributed by atoms with Crippen molar-refractivity contribution < 1.29 is 13.8 Å². The van der Waals surface area contributed by atoms with E-state index >= 15 is 0 Å². The molecule has 0 saturated carbocycles. The van der Waals surface area contributed by atoms with Crippen LogP contribution in [0.5, 0.6) is 0 Å². The van der Waals surface area contributed by atoms with Gasteiger partial charge in [-0.3, -0.25) is 4.79 Å². The van der Waals surface area contributed by atoms with Crippen molar-refractivity contribution >= 4 is 17.8 Å². The van der Waals surface area contributed by atoms with Gasteiger partial charge < -0.3 is 9.73 Å². The standard InChI is InChI=1S/C15H11N3O3/c19-13(9-8-12-7-4-10-20-12)16-15-14(17-21-18-15)11-5-2-1-3-6-11/h1-10H,(H,16,18,19). The zero-order valence-corrected chi connectivity index (χ0v) is 10.9. The summed E-state index contributed by atoms with van der Waals surface area (Å²) in [4.78, 5) is 11.8. The molecule has 0 radical (unpaired) electrons. The van der Waals surface area contributed by atoms with Gasteiger partial charge in [-0.2, -0.15) is 0 Å². The number of benzene rings is 1. The molecule has 0 aliphatic carbocycles. The molecule has 3 aromatic rings. The van der Waals surface area contributed by atoms with Gasteiger partial charge in [0.05, 0.1) is 6.26 Å². The number of anilines is 1. The lowest BCUT2D eigenvalue weighted by atomic mass is 10.1. The third kappa shape index (κ3) is 3.06. The molecule has 2 aromatic heterocycles. The Morgan fingerprint density at radius 1 is 1.10 bits per heavy atom. The van der Waals surface area contributed by atoms with E-state index < -0.39 is 0 Å². The van der Waals surface area contributed by atoms with Gasteiger partial charge in [0, 0.05) is 11.6 Å². The van der Waals surface area contributed by atoms with Crippen LogP contribution in [0.4, 0.5) is 5.82 Å². The summed E-state index contributed by atoms with van der Waals surface area (Å²) < 4.78 is 9.79. The van der Waals surface area contributed by atoms with E-state index in [1.165, 1.54) is 12.3 Å². The van der Waals surface area contributed by atoms with E-state index in [9.17, 15) is 4.79 Å². The number of carbonyl (C=O) groups excluding carboxylic acids is 1. The van der Waals surface area contributed by atoms with Crippen LogP contribution in [-0.4, -0.2) is 16.2 Å². The molecule has 1 N–H and O–H groups in total. The number of carbonyl (C=O) groups is 1. The van der Waals surface area contributed by atoms with Crippen molar-refractivity contribution in [1.29, 1.82) is 0 Å². The predicted molar refractivity (Wildman–Crippen MR) is 76.1 cm³/mol. The number of furan rings is 1. The lowest BCUT2D eigenvalue weighted by Crippen LogP contribution is -2.08. The second-order valence-electron chi connectivity index (χ2n) is 4.17. The Morgan fingerprint density at radius 3 is 2.71 bits per heavy atom. The molecule has 0 atom stereocenters. The van der Waals surface area contributed by atoms with Crippen molar-refractivity contribution in [3.05, 3.63) is 60.6 Å². The van der Waals surface area contributed by atoms with Gasteiger partial charge in [-0.05, 0) is 28.5 Å². The lowest BCUT2D eigenvalue weighted by molar-refractivity contribution is -0.111. The molecule has 6 nitrogen and oxygen atoms in total. The fraction of sp³-hybridized carbons (Fsp3) is 0. The highest BCUT2D eigenvalue weighted by Crippen LogP contribution is 2.23. The normalized spacial score (nSPS) is 10.9. The molecule has 0 aliphatic heterocycles. The fourth-order valence-electron chi connectivity index (χ4n) is 1.76. The second kappa shape index (κ2) is 5.87. The summed E-state index contributed by atoms with van der Waals surface area (Å²) in [6.45, 7) is 0. The zero-order chi connectivity index (χ0) is 14.5. The molecular weight excluding hydrogens is 270 g/mol. The molecule has 6 heteroatoms. The Bertz CT molecular complexity index is 746. The molecule has 0 aliphatic rings. The highest BCUT2D eigenvalue weighted by atomic mass is 16.6. The van der Waals surface area contributed by atoms with Gasteiger partial charge >= 0.3 is 0 Å². The third-order valence-electron chi connectivity index (χ3n) is 2.72. The Hall–Kier alpha value is -3.15. The Labute approximate surface area is 120 Å². The van der Waals surface area contributed by atoms with Crippen molar-refractivity contribution in [1.82, 2.24) is 10.3 Å². The maximum absolute atomic E-state index is 11.8. The minimum absolute atomic E-state index is 0.273. The summed E-state index contributed by atoms with van der Waals surface area (Å²) in [7, 11) is 0. The van der Waals surface area contributed by atoms with Crippen LogP contribution in [0.15, 0.2) is 63.8 Å². The van der Waals surface area contributed by atoms with E-state index in [4.69, 9.17) is 9.05 Å². The zero-order valence-electron chi connectivity index (χ0n) is 10.9. The number of nitrogens with one attached hydrogen (secondary N) is 1. The van der Waals surface area contributed by atoms with Gasteiger partial charge in [0.1, 0.15) is 5.76 Å². The molecule has 104 valence electrons. The van der Waals surface area contributed by atoms with E-state index in [0.29, 0.717) is 11.5 Å². The Kier molecular flexibility index (Phi) is 3.60. The first-order chi connectivity index (χ1) is 10.3. The maximum Gasteiger partial charge on any atom is 0.249 e. The number of amides is 1. The van der Waals surface area contributed by atoms with Crippen LogP contribution in [0.25, 0.3) is 17.3 Å².